The van der Waals surface area contributed by atoms with Gasteiger partial charge in [-0.05, 0) is 17.5 Å². The number of carboxylic acid groups (broad SMARTS) is 2. The van der Waals surface area contributed by atoms with Crippen LogP contribution in [0.5, 0.6) is 0 Å². The van der Waals surface area contributed by atoms with Gasteiger partial charge in [0.1, 0.15) is 6.10 Å². The predicted molar refractivity (Wildman–Crippen MR) is 61.0 cm³/mol. The van der Waals surface area contributed by atoms with E-state index in [0.29, 0.717) is 5.56 Å². The fraction of sp³-hybridized carbons (Fsp3) is 0.333. The first-order chi connectivity index (χ1) is 8.41. The molecule has 0 amide bonds. The topological polar surface area (TPSA) is 115 Å². The van der Waals surface area contributed by atoms with Gasteiger partial charge in [-0.15, -0.1) is 0 Å². The molecule has 0 bridgehead atoms. The van der Waals surface area contributed by atoms with E-state index in [-0.39, 0.29) is 18.4 Å². The maximum Gasteiger partial charge on any atom is 0.335 e. The molecule has 6 heteroatoms. The van der Waals surface area contributed by atoms with Crippen molar-refractivity contribution in [1.82, 2.24) is 0 Å². The zero-order valence-corrected chi connectivity index (χ0v) is 9.48. The minimum Gasteiger partial charge on any atom is -0.481 e. The maximum absolute atomic E-state index is 10.5. The number of benzene rings is 1. The molecule has 1 aromatic carbocycles. The molecule has 0 spiro atoms. The number of carbonyl (C=O) groups is 2. The third kappa shape index (κ3) is 3.83. The highest BCUT2D eigenvalue weighted by Crippen LogP contribution is 2.19. The second-order valence-electron chi connectivity index (χ2n) is 3.87. The second-order valence-corrected chi connectivity index (χ2v) is 3.87. The van der Waals surface area contributed by atoms with Crippen molar-refractivity contribution in [3.63, 3.8) is 0 Å². The first-order valence-electron chi connectivity index (χ1n) is 5.31. The van der Waals surface area contributed by atoms with Gasteiger partial charge in [-0.25, -0.2) is 4.79 Å². The van der Waals surface area contributed by atoms with Crippen LogP contribution >= 0.6 is 0 Å². The van der Waals surface area contributed by atoms with Crippen LogP contribution in [0.15, 0.2) is 24.3 Å². The van der Waals surface area contributed by atoms with E-state index in [1.807, 2.05) is 0 Å². The Morgan fingerprint density at radius 2 is 1.83 bits per heavy atom. The van der Waals surface area contributed by atoms with Crippen molar-refractivity contribution in [3.8, 4) is 0 Å². The Hall–Kier alpha value is -1.92. The van der Waals surface area contributed by atoms with Gasteiger partial charge >= 0.3 is 11.9 Å². The molecule has 2 atom stereocenters. The van der Waals surface area contributed by atoms with Crippen molar-refractivity contribution in [3.05, 3.63) is 35.4 Å². The summed E-state index contributed by atoms with van der Waals surface area (Å²) >= 11 is 0. The van der Waals surface area contributed by atoms with Gasteiger partial charge in [-0.1, -0.05) is 24.3 Å². The van der Waals surface area contributed by atoms with Gasteiger partial charge < -0.3 is 20.4 Å². The van der Waals surface area contributed by atoms with Crippen LogP contribution in [0.2, 0.25) is 0 Å². The number of aliphatic hydroxyl groups is 2. The minimum absolute atomic E-state index is 0.0545. The highest BCUT2D eigenvalue weighted by atomic mass is 16.4. The average molecular weight is 254 g/mol. The lowest BCUT2D eigenvalue weighted by atomic mass is 10.00. The highest BCUT2D eigenvalue weighted by molar-refractivity contribution is 5.73. The number of hydrogen-bond donors (Lipinski definition) is 4. The molecule has 2 unspecified atom stereocenters. The van der Waals surface area contributed by atoms with Gasteiger partial charge in [0.25, 0.3) is 0 Å². The summed E-state index contributed by atoms with van der Waals surface area (Å²) in [4.78, 5) is 20.9. The molecule has 0 saturated carbocycles. The Morgan fingerprint density at radius 3 is 2.39 bits per heavy atom. The molecule has 0 saturated heterocycles. The molecule has 0 aliphatic carbocycles. The molecule has 0 aromatic heterocycles. The number of aliphatic carboxylic acids is 2. The zero-order chi connectivity index (χ0) is 13.7. The molecule has 1 aromatic rings. The van der Waals surface area contributed by atoms with Crippen LogP contribution in [-0.4, -0.2) is 38.5 Å². The van der Waals surface area contributed by atoms with E-state index < -0.39 is 24.1 Å². The first-order valence-corrected chi connectivity index (χ1v) is 5.31. The molecule has 1 rings (SSSR count). The maximum atomic E-state index is 10.5. The summed E-state index contributed by atoms with van der Waals surface area (Å²) in [6.45, 7) is 0. The van der Waals surface area contributed by atoms with Gasteiger partial charge in [0.05, 0.1) is 0 Å². The van der Waals surface area contributed by atoms with E-state index in [1.54, 1.807) is 12.1 Å². The Morgan fingerprint density at radius 1 is 1.17 bits per heavy atom. The van der Waals surface area contributed by atoms with Crippen LogP contribution in [0, 0.1) is 0 Å². The third-order valence-electron chi connectivity index (χ3n) is 2.47. The number of hydrogen-bond acceptors (Lipinski definition) is 4. The van der Waals surface area contributed by atoms with Crippen molar-refractivity contribution in [2.24, 2.45) is 0 Å². The van der Waals surface area contributed by atoms with Crippen molar-refractivity contribution in [2.45, 2.75) is 25.0 Å². The fourth-order valence-electron chi connectivity index (χ4n) is 1.50. The molecule has 0 heterocycles. The minimum atomic E-state index is -1.90. The van der Waals surface area contributed by atoms with E-state index in [9.17, 15) is 19.8 Å². The molecular weight excluding hydrogens is 240 g/mol. The lowest BCUT2D eigenvalue weighted by Gasteiger charge is -2.15. The van der Waals surface area contributed by atoms with E-state index >= 15 is 0 Å². The lowest BCUT2D eigenvalue weighted by molar-refractivity contribution is -0.153. The molecule has 0 radical (unpaired) electrons. The largest absolute Gasteiger partial charge is 0.481 e. The van der Waals surface area contributed by atoms with E-state index in [4.69, 9.17) is 10.2 Å². The SMILES string of the molecule is O=C(O)CCc1cccc(C(O)C(O)C(=O)O)c1. The van der Waals surface area contributed by atoms with Gasteiger partial charge in [0.15, 0.2) is 6.10 Å². The van der Waals surface area contributed by atoms with E-state index in [2.05, 4.69) is 0 Å². The number of aliphatic hydroxyl groups excluding tert-OH is 2. The molecule has 0 aliphatic heterocycles. The molecular formula is C12H14O6. The molecule has 98 valence electrons. The summed E-state index contributed by atoms with van der Waals surface area (Å²) in [6.07, 6.45) is -3.22. The van der Waals surface area contributed by atoms with Crippen molar-refractivity contribution in [2.75, 3.05) is 0 Å². The van der Waals surface area contributed by atoms with Gasteiger partial charge in [-0.2, -0.15) is 0 Å². The lowest BCUT2D eigenvalue weighted by Crippen LogP contribution is -2.27. The predicted octanol–water partition coefficient (Wildman–Crippen LogP) is 0.183. The van der Waals surface area contributed by atoms with E-state index in [0.717, 1.165) is 0 Å². The summed E-state index contributed by atoms with van der Waals surface area (Å²) < 4.78 is 0. The summed E-state index contributed by atoms with van der Waals surface area (Å²) in [5.41, 5.74) is 0.902. The normalized spacial score (nSPS) is 13.9. The van der Waals surface area contributed by atoms with Crippen LogP contribution in [0.25, 0.3) is 0 Å². The van der Waals surface area contributed by atoms with Crippen LogP contribution < -0.4 is 0 Å². The third-order valence-corrected chi connectivity index (χ3v) is 2.47. The summed E-state index contributed by atoms with van der Waals surface area (Å²) in [5, 5.41) is 35.9. The first kappa shape index (κ1) is 14.1. The Labute approximate surface area is 103 Å². The van der Waals surface area contributed by atoms with Crippen molar-refractivity contribution < 1.29 is 30.0 Å². The summed E-state index contributed by atoms with van der Waals surface area (Å²) in [5.74, 6) is -2.45. The van der Waals surface area contributed by atoms with Crippen LogP contribution in [0.1, 0.15) is 23.7 Å². The Balaban J connectivity index is 2.81. The van der Waals surface area contributed by atoms with Crippen molar-refractivity contribution >= 4 is 11.9 Å². The molecule has 18 heavy (non-hydrogen) atoms. The summed E-state index contributed by atoms with van der Waals surface area (Å²) in [6, 6.07) is 6.21. The zero-order valence-electron chi connectivity index (χ0n) is 9.48. The van der Waals surface area contributed by atoms with E-state index in [1.165, 1.54) is 12.1 Å². The average Bonchev–Trinajstić information content (AvgIpc) is 2.34. The Kier molecular flexibility index (Phi) is 4.82. The molecule has 0 fully saturated rings. The smallest absolute Gasteiger partial charge is 0.335 e. The van der Waals surface area contributed by atoms with Gasteiger partial charge in [0.2, 0.25) is 0 Å². The van der Waals surface area contributed by atoms with Gasteiger partial charge in [-0.3, -0.25) is 4.79 Å². The van der Waals surface area contributed by atoms with Crippen LogP contribution in [0.3, 0.4) is 0 Å². The standard InChI is InChI=1S/C12H14O6/c13-9(14)5-4-7-2-1-3-8(6-7)10(15)11(16)12(17)18/h1-3,6,10-11,15-16H,4-5H2,(H,13,14)(H,17,18). The second kappa shape index (κ2) is 6.13. The van der Waals surface area contributed by atoms with Crippen LogP contribution in [0.4, 0.5) is 0 Å². The monoisotopic (exact) mass is 254 g/mol. The fourth-order valence-corrected chi connectivity index (χ4v) is 1.50. The molecule has 6 nitrogen and oxygen atoms in total. The number of carboxylic acids is 2. The Bertz CT molecular complexity index is 442. The quantitative estimate of drug-likeness (QED) is 0.575. The van der Waals surface area contributed by atoms with Crippen LogP contribution in [-0.2, 0) is 16.0 Å². The van der Waals surface area contributed by atoms with Crippen molar-refractivity contribution in [1.29, 1.82) is 0 Å². The highest BCUT2D eigenvalue weighted by Gasteiger charge is 2.25. The molecule has 0 aliphatic rings. The van der Waals surface area contributed by atoms with Gasteiger partial charge in [0, 0.05) is 6.42 Å². The molecule has 4 N–H and O–H groups in total. The number of aryl methyl sites for hydroxylation is 1. The number of rotatable bonds is 6. The summed E-state index contributed by atoms with van der Waals surface area (Å²) in [7, 11) is 0.